The minimum absolute atomic E-state index is 0.0344. The lowest BCUT2D eigenvalue weighted by atomic mass is 9.92. The number of urea groups is 1. The Kier molecular flexibility index (Phi) is 4.85. The van der Waals surface area contributed by atoms with E-state index in [0.29, 0.717) is 6.04 Å². The van der Waals surface area contributed by atoms with Crippen LogP contribution in [0.15, 0.2) is 35.7 Å². The van der Waals surface area contributed by atoms with Crippen molar-refractivity contribution in [1.82, 2.24) is 19.7 Å². The van der Waals surface area contributed by atoms with Gasteiger partial charge < -0.3 is 14.8 Å². The molecule has 1 aliphatic carbocycles. The van der Waals surface area contributed by atoms with E-state index in [1.807, 2.05) is 41.8 Å². The molecule has 23 heavy (non-hydrogen) atoms. The third-order valence-corrected chi connectivity index (χ3v) is 5.26. The molecule has 0 spiro atoms. The Hall–Kier alpha value is -2.02. The van der Waals surface area contributed by atoms with Crippen LogP contribution in [0.3, 0.4) is 0 Å². The molecule has 6 nitrogen and oxygen atoms in total. The molecular weight excluding hydrogens is 310 g/mol. The van der Waals surface area contributed by atoms with Crippen LogP contribution < -0.4 is 5.32 Å². The molecule has 1 aromatic carbocycles. The number of nitrogens with zero attached hydrogens (tertiary/aromatic N) is 4. The molecular formula is C16H21N5OS. The summed E-state index contributed by atoms with van der Waals surface area (Å²) in [5.41, 5.74) is 1.97. The van der Waals surface area contributed by atoms with Crippen LogP contribution in [0.25, 0.3) is 0 Å². The standard InChI is InChI=1S/C16H21N5OS/c1-20-11-17-19-16(20)23-10-12-5-3-6-13(9-12)18-15(22)21(2)14-7-4-8-14/h3,5-6,9,11,14H,4,7-8,10H2,1-2H3,(H,18,22). The second-order valence-corrected chi connectivity index (χ2v) is 6.78. The summed E-state index contributed by atoms with van der Waals surface area (Å²) in [4.78, 5) is 14.0. The van der Waals surface area contributed by atoms with E-state index >= 15 is 0 Å². The molecule has 3 rings (SSSR count). The molecule has 2 amide bonds. The number of anilines is 1. The van der Waals surface area contributed by atoms with Gasteiger partial charge in [0.15, 0.2) is 5.16 Å². The van der Waals surface area contributed by atoms with Crippen LogP contribution in [-0.4, -0.2) is 38.8 Å². The number of aryl methyl sites for hydroxylation is 1. The van der Waals surface area contributed by atoms with Gasteiger partial charge in [0.2, 0.25) is 0 Å². The Labute approximate surface area is 140 Å². The molecule has 122 valence electrons. The Balaban J connectivity index is 1.58. The number of hydrogen-bond acceptors (Lipinski definition) is 4. The first-order valence-electron chi connectivity index (χ1n) is 7.73. The predicted molar refractivity (Wildman–Crippen MR) is 91.4 cm³/mol. The van der Waals surface area contributed by atoms with Crippen molar-refractivity contribution in [2.45, 2.75) is 36.2 Å². The van der Waals surface area contributed by atoms with Gasteiger partial charge in [0.25, 0.3) is 0 Å². The summed E-state index contributed by atoms with van der Waals surface area (Å²) in [5.74, 6) is 0.786. The van der Waals surface area contributed by atoms with Crippen LogP contribution in [0.1, 0.15) is 24.8 Å². The van der Waals surface area contributed by atoms with Crippen molar-refractivity contribution in [2.75, 3.05) is 12.4 Å². The largest absolute Gasteiger partial charge is 0.325 e. The molecule has 1 fully saturated rings. The molecule has 0 unspecified atom stereocenters. The average molecular weight is 331 g/mol. The van der Waals surface area contributed by atoms with Crippen LogP contribution in [0.5, 0.6) is 0 Å². The van der Waals surface area contributed by atoms with Crippen molar-refractivity contribution in [3.05, 3.63) is 36.2 Å². The number of carbonyl (C=O) groups is 1. The zero-order chi connectivity index (χ0) is 16.2. The second-order valence-electron chi connectivity index (χ2n) is 5.84. The summed E-state index contributed by atoms with van der Waals surface area (Å²) in [6.45, 7) is 0. The molecule has 0 atom stereocenters. The van der Waals surface area contributed by atoms with Crippen molar-refractivity contribution >= 4 is 23.5 Å². The van der Waals surface area contributed by atoms with Gasteiger partial charge in [-0.15, -0.1) is 10.2 Å². The van der Waals surface area contributed by atoms with E-state index in [1.165, 1.54) is 6.42 Å². The van der Waals surface area contributed by atoms with Gasteiger partial charge in [-0.25, -0.2) is 4.79 Å². The molecule has 1 N–H and O–H groups in total. The highest BCUT2D eigenvalue weighted by molar-refractivity contribution is 7.98. The second kappa shape index (κ2) is 7.04. The van der Waals surface area contributed by atoms with E-state index in [0.717, 1.165) is 35.0 Å². The maximum absolute atomic E-state index is 12.2. The fraction of sp³-hybridized carbons (Fsp3) is 0.438. The summed E-state index contributed by atoms with van der Waals surface area (Å²) >= 11 is 1.62. The maximum Gasteiger partial charge on any atom is 0.321 e. The maximum atomic E-state index is 12.2. The Morgan fingerprint density at radius 1 is 1.48 bits per heavy atom. The van der Waals surface area contributed by atoms with Crippen LogP contribution in [0, 0.1) is 0 Å². The lowest BCUT2D eigenvalue weighted by Gasteiger charge is -2.34. The van der Waals surface area contributed by atoms with E-state index in [4.69, 9.17) is 0 Å². The van der Waals surface area contributed by atoms with Crippen LogP contribution in [-0.2, 0) is 12.8 Å². The van der Waals surface area contributed by atoms with Gasteiger partial charge >= 0.3 is 6.03 Å². The van der Waals surface area contributed by atoms with Crippen molar-refractivity contribution in [2.24, 2.45) is 7.05 Å². The minimum Gasteiger partial charge on any atom is -0.325 e. The van der Waals surface area contributed by atoms with Gasteiger partial charge in [-0.1, -0.05) is 23.9 Å². The fourth-order valence-corrected chi connectivity index (χ4v) is 3.27. The number of aromatic nitrogens is 3. The molecule has 0 bridgehead atoms. The molecule has 2 aromatic rings. The molecule has 1 aromatic heterocycles. The summed E-state index contributed by atoms with van der Waals surface area (Å²) in [5, 5.41) is 11.8. The molecule has 0 aliphatic heterocycles. The van der Waals surface area contributed by atoms with Gasteiger partial charge in [0, 0.05) is 31.6 Å². The summed E-state index contributed by atoms with van der Waals surface area (Å²) in [6.07, 6.45) is 5.13. The first kappa shape index (κ1) is 15.9. The monoisotopic (exact) mass is 331 g/mol. The first-order valence-corrected chi connectivity index (χ1v) is 8.71. The average Bonchev–Trinajstić information content (AvgIpc) is 2.89. The normalized spacial score (nSPS) is 14.3. The number of thioether (sulfide) groups is 1. The number of rotatable bonds is 5. The van der Waals surface area contributed by atoms with Gasteiger partial charge in [-0.05, 0) is 37.0 Å². The van der Waals surface area contributed by atoms with E-state index in [2.05, 4.69) is 21.6 Å². The highest BCUT2D eigenvalue weighted by atomic mass is 32.2. The first-order chi connectivity index (χ1) is 11.1. The summed E-state index contributed by atoms with van der Waals surface area (Å²) in [7, 11) is 3.79. The SMILES string of the molecule is CN(C(=O)Nc1cccc(CSc2nncn2C)c1)C1CCC1. The van der Waals surface area contributed by atoms with Gasteiger partial charge in [0.1, 0.15) is 6.33 Å². The Bertz CT molecular complexity index is 683. The zero-order valence-corrected chi connectivity index (χ0v) is 14.2. The van der Waals surface area contributed by atoms with Crippen molar-refractivity contribution in [1.29, 1.82) is 0 Å². The van der Waals surface area contributed by atoms with E-state index in [9.17, 15) is 4.79 Å². The molecule has 0 radical (unpaired) electrons. The number of carbonyl (C=O) groups excluding carboxylic acids is 1. The molecule has 1 saturated carbocycles. The van der Waals surface area contributed by atoms with E-state index in [1.54, 1.807) is 18.1 Å². The summed E-state index contributed by atoms with van der Waals surface area (Å²) < 4.78 is 1.89. The van der Waals surface area contributed by atoms with Crippen molar-refractivity contribution in [3.63, 3.8) is 0 Å². The molecule has 0 saturated heterocycles. The lowest BCUT2D eigenvalue weighted by Crippen LogP contribution is -2.43. The third kappa shape index (κ3) is 3.85. The molecule has 1 heterocycles. The molecule has 1 aliphatic rings. The lowest BCUT2D eigenvalue weighted by molar-refractivity contribution is 0.169. The predicted octanol–water partition coefficient (Wildman–Crippen LogP) is 3.12. The summed E-state index contributed by atoms with van der Waals surface area (Å²) in [6, 6.07) is 8.30. The van der Waals surface area contributed by atoms with Crippen LogP contribution >= 0.6 is 11.8 Å². The zero-order valence-electron chi connectivity index (χ0n) is 13.4. The van der Waals surface area contributed by atoms with Gasteiger partial charge in [0.05, 0.1) is 0 Å². The topological polar surface area (TPSA) is 63.1 Å². The van der Waals surface area contributed by atoms with Crippen molar-refractivity contribution in [3.8, 4) is 0 Å². The van der Waals surface area contributed by atoms with Crippen molar-refractivity contribution < 1.29 is 4.79 Å². The Morgan fingerprint density at radius 2 is 2.30 bits per heavy atom. The van der Waals surface area contributed by atoms with Crippen LogP contribution in [0.2, 0.25) is 0 Å². The highest BCUT2D eigenvalue weighted by Crippen LogP contribution is 2.25. The number of nitrogens with one attached hydrogen (secondary N) is 1. The van der Waals surface area contributed by atoms with Gasteiger partial charge in [-0.2, -0.15) is 0 Å². The van der Waals surface area contributed by atoms with Crippen LogP contribution in [0.4, 0.5) is 10.5 Å². The fourth-order valence-electron chi connectivity index (χ4n) is 2.44. The van der Waals surface area contributed by atoms with Gasteiger partial charge in [-0.3, -0.25) is 0 Å². The molecule has 7 heteroatoms. The number of hydrogen-bond donors (Lipinski definition) is 1. The number of amides is 2. The number of benzene rings is 1. The smallest absolute Gasteiger partial charge is 0.321 e. The van der Waals surface area contributed by atoms with E-state index in [-0.39, 0.29) is 6.03 Å². The highest BCUT2D eigenvalue weighted by Gasteiger charge is 2.25. The third-order valence-electron chi connectivity index (χ3n) is 4.16. The minimum atomic E-state index is -0.0344. The quantitative estimate of drug-likeness (QED) is 0.855. The Morgan fingerprint density at radius 3 is 2.96 bits per heavy atom. The van der Waals surface area contributed by atoms with E-state index < -0.39 is 0 Å².